The molecule has 0 bridgehead atoms. The van der Waals surface area contributed by atoms with Crippen LogP contribution in [-0.4, -0.2) is 55.6 Å². The van der Waals surface area contributed by atoms with Gasteiger partial charge in [-0.3, -0.25) is 0 Å². The van der Waals surface area contributed by atoms with Gasteiger partial charge < -0.3 is 24.6 Å². The van der Waals surface area contributed by atoms with E-state index in [0.717, 1.165) is 24.5 Å². The van der Waals surface area contributed by atoms with Gasteiger partial charge in [-0.25, -0.2) is 9.78 Å². The summed E-state index contributed by atoms with van der Waals surface area (Å²) in [4.78, 5) is 20.3. The number of ether oxygens (including phenoxy) is 2. The van der Waals surface area contributed by atoms with E-state index in [1.165, 1.54) is 29.2 Å². The summed E-state index contributed by atoms with van der Waals surface area (Å²) in [6.45, 7) is 3.46. The molecule has 162 valence electrons. The Balaban J connectivity index is 1.50. The van der Waals surface area contributed by atoms with Gasteiger partial charge in [0.05, 0.1) is 13.2 Å². The molecule has 1 aromatic heterocycles. The average Bonchev–Trinajstić information content (AvgIpc) is 2.73. The van der Waals surface area contributed by atoms with E-state index in [1.807, 2.05) is 12.1 Å². The summed E-state index contributed by atoms with van der Waals surface area (Å²) in [6, 6.07) is 8.90. The third-order valence-electron chi connectivity index (χ3n) is 4.51. The summed E-state index contributed by atoms with van der Waals surface area (Å²) in [6.07, 6.45) is -3.02. The molecule has 3 rings (SSSR count). The average molecular weight is 424 g/mol. The maximum Gasteiger partial charge on any atom is 0.573 e. The van der Waals surface area contributed by atoms with Crippen molar-refractivity contribution in [2.24, 2.45) is 0 Å². The van der Waals surface area contributed by atoms with Gasteiger partial charge in [-0.1, -0.05) is 12.1 Å². The molecule has 30 heavy (non-hydrogen) atoms. The molecule has 0 spiro atoms. The maximum atomic E-state index is 12.4. The highest BCUT2D eigenvalue weighted by atomic mass is 19.4. The van der Waals surface area contributed by atoms with E-state index in [-0.39, 0.29) is 18.3 Å². The minimum Gasteiger partial charge on any atom is -0.406 e. The number of halogens is 3. The molecule has 1 N–H and O–H groups in total. The van der Waals surface area contributed by atoms with Crippen LogP contribution in [0.25, 0.3) is 0 Å². The summed E-state index contributed by atoms with van der Waals surface area (Å²) in [5, 5.41) is 2.83. The number of morpholine rings is 1. The van der Waals surface area contributed by atoms with Crippen molar-refractivity contribution in [3.05, 3.63) is 53.7 Å². The zero-order valence-electron chi connectivity index (χ0n) is 16.5. The molecule has 7 nitrogen and oxygen atoms in total. The molecule has 1 aliphatic rings. The lowest BCUT2D eigenvalue weighted by molar-refractivity contribution is -0.274. The molecule has 1 fully saturated rings. The van der Waals surface area contributed by atoms with E-state index >= 15 is 0 Å². The summed E-state index contributed by atoms with van der Waals surface area (Å²) in [5.74, 6) is 0.548. The van der Waals surface area contributed by atoms with Gasteiger partial charge in [0.25, 0.3) is 0 Å². The zero-order chi connectivity index (χ0) is 21.6. The lowest BCUT2D eigenvalue weighted by Crippen LogP contribution is -2.37. The van der Waals surface area contributed by atoms with Crippen molar-refractivity contribution in [1.29, 1.82) is 0 Å². The number of rotatable bonds is 6. The number of urea groups is 1. The second kappa shape index (κ2) is 9.66. The molecular weight excluding hydrogens is 401 g/mol. The van der Waals surface area contributed by atoms with Gasteiger partial charge in [-0.15, -0.1) is 13.2 Å². The first-order valence-electron chi connectivity index (χ1n) is 9.41. The van der Waals surface area contributed by atoms with E-state index < -0.39 is 6.36 Å². The fourth-order valence-corrected chi connectivity index (χ4v) is 2.99. The summed E-state index contributed by atoms with van der Waals surface area (Å²) >= 11 is 0. The van der Waals surface area contributed by atoms with Gasteiger partial charge >= 0.3 is 12.4 Å². The number of nitrogens with zero attached hydrogens (tertiary/aromatic N) is 3. The van der Waals surface area contributed by atoms with Crippen LogP contribution in [0.3, 0.4) is 0 Å². The molecule has 0 radical (unpaired) electrons. The summed E-state index contributed by atoms with van der Waals surface area (Å²) < 4.78 is 45.8. The van der Waals surface area contributed by atoms with Crippen molar-refractivity contribution in [2.75, 3.05) is 38.3 Å². The van der Waals surface area contributed by atoms with Crippen LogP contribution in [-0.2, 0) is 17.8 Å². The molecule has 1 aliphatic heterocycles. The quantitative estimate of drug-likeness (QED) is 0.772. The van der Waals surface area contributed by atoms with Crippen molar-refractivity contribution in [1.82, 2.24) is 15.2 Å². The number of carbonyl (C=O) groups excluding carboxylic acids is 1. The van der Waals surface area contributed by atoms with Crippen LogP contribution in [0, 0.1) is 0 Å². The molecule has 0 aliphatic carbocycles. The van der Waals surface area contributed by atoms with Crippen molar-refractivity contribution in [3.63, 3.8) is 0 Å². The van der Waals surface area contributed by atoms with Crippen molar-refractivity contribution < 1.29 is 27.4 Å². The highest BCUT2D eigenvalue weighted by Gasteiger charge is 2.31. The Morgan fingerprint density at radius 3 is 2.57 bits per heavy atom. The number of hydrogen-bond donors (Lipinski definition) is 1. The van der Waals surface area contributed by atoms with Gasteiger partial charge in [0.2, 0.25) is 0 Å². The molecule has 10 heteroatoms. The first-order valence-corrected chi connectivity index (χ1v) is 9.41. The number of hydrogen-bond acceptors (Lipinski definition) is 5. The predicted molar refractivity (Wildman–Crippen MR) is 104 cm³/mol. The number of benzene rings is 1. The number of aromatic nitrogens is 1. The number of nitrogens with one attached hydrogen (secondary N) is 1. The Bertz CT molecular complexity index is 840. The third kappa shape index (κ3) is 6.51. The Morgan fingerprint density at radius 2 is 1.90 bits per heavy atom. The minimum atomic E-state index is -4.73. The fourth-order valence-electron chi connectivity index (χ4n) is 2.99. The monoisotopic (exact) mass is 424 g/mol. The second-order valence-electron chi connectivity index (χ2n) is 6.83. The standard InChI is InChI=1S/C20H23F3N4O3/c1-26(14-15-2-4-17(5-3-15)30-20(21,22)23)19(28)25-13-16-6-7-24-18(12-16)27-8-10-29-11-9-27/h2-7,12H,8-11,13-14H2,1H3,(H,25,28). The van der Waals surface area contributed by atoms with E-state index in [4.69, 9.17) is 4.74 Å². The number of anilines is 1. The lowest BCUT2D eigenvalue weighted by atomic mass is 10.2. The van der Waals surface area contributed by atoms with E-state index in [0.29, 0.717) is 25.3 Å². The van der Waals surface area contributed by atoms with E-state index in [9.17, 15) is 18.0 Å². The third-order valence-corrected chi connectivity index (χ3v) is 4.51. The Hall–Kier alpha value is -3.01. The zero-order valence-corrected chi connectivity index (χ0v) is 16.5. The number of pyridine rings is 1. The van der Waals surface area contributed by atoms with E-state index in [2.05, 4.69) is 19.9 Å². The van der Waals surface area contributed by atoms with Crippen molar-refractivity contribution in [3.8, 4) is 5.75 Å². The molecule has 2 amide bonds. The van der Waals surface area contributed by atoms with Crippen LogP contribution in [0.1, 0.15) is 11.1 Å². The van der Waals surface area contributed by atoms with Crippen LogP contribution in [0.5, 0.6) is 5.75 Å². The molecule has 0 saturated carbocycles. The van der Waals surface area contributed by atoms with Crippen molar-refractivity contribution in [2.45, 2.75) is 19.5 Å². The lowest BCUT2D eigenvalue weighted by Gasteiger charge is -2.28. The maximum absolute atomic E-state index is 12.4. The molecule has 0 unspecified atom stereocenters. The Morgan fingerprint density at radius 1 is 1.20 bits per heavy atom. The first-order chi connectivity index (χ1) is 14.3. The van der Waals surface area contributed by atoms with Crippen LogP contribution < -0.4 is 15.0 Å². The summed E-state index contributed by atoms with van der Waals surface area (Å²) in [7, 11) is 1.61. The highest BCUT2D eigenvalue weighted by molar-refractivity contribution is 5.73. The van der Waals surface area contributed by atoms with Gasteiger partial charge in [-0.05, 0) is 35.4 Å². The van der Waals surface area contributed by atoms with Crippen LogP contribution >= 0.6 is 0 Å². The highest BCUT2D eigenvalue weighted by Crippen LogP contribution is 2.23. The van der Waals surface area contributed by atoms with Gasteiger partial charge in [0.15, 0.2) is 0 Å². The summed E-state index contributed by atoms with van der Waals surface area (Å²) in [5.41, 5.74) is 1.60. The van der Waals surface area contributed by atoms with Crippen LogP contribution in [0.15, 0.2) is 42.6 Å². The second-order valence-corrected chi connectivity index (χ2v) is 6.83. The number of carbonyl (C=O) groups is 1. The van der Waals surface area contributed by atoms with E-state index in [1.54, 1.807) is 13.2 Å². The van der Waals surface area contributed by atoms with Crippen LogP contribution in [0.4, 0.5) is 23.8 Å². The first kappa shape index (κ1) is 21.7. The van der Waals surface area contributed by atoms with Gasteiger partial charge in [-0.2, -0.15) is 0 Å². The SMILES string of the molecule is CN(Cc1ccc(OC(F)(F)F)cc1)C(=O)NCc1ccnc(N2CCOCC2)c1. The molecule has 1 saturated heterocycles. The molecule has 2 heterocycles. The molecular formula is C20H23F3N4O3. The minimum absolute atomic E-state index is 0.244. The normalized spacial score (nSPS) is 14.3. The predicted octanol–water partition coefficient (Wildman–Crippen LogP) is 3.16. The molecule has 2 aromatic rings. The topological polar surface area (TPSA) is 66.9 Å². The largest absolute Gasteiger partial charge is 0.573 e. The number of alkyl halides is 3. The smallest absolute Gasteiger partial charge is 0.406 e. The molecule has 1 aromatic carbocycles. The van der Waals surface area contributed by atoms with Gasteiger partial charge in [0.1, 0.15) is 11.6 Å². The molecule has 0 atom stereocenters. The van der Waals surface area contributed by atoms with Crippen molar-refractivity contribution >= 4 is 11.8 Å². The number of amides is 2. The Labute approximate surface area is 172 Å². The van der Waals surface area contributed by atoms with Crippen LogP contribution in [0.2, 0.25) is 0 Å². The van der Waals surface area contributed by atoms with Gasteiger partial charge in [0, 0.05) is 39.4 Å². The Kier molecular flexibility index (Phi) is 6.99. The fraction of sp³-hybridized carbons (Fsp3) is 0.400.